The summed E-state index contributed by atoms with van der Waals surface area (Å²) in [6.45, 7) is 0. The maximum absolute atomic E-state index is 12.5. The van der Waals surface area contributed by atoms with E-state index in [1.807, 2.05) is 0 Å². The van der Waals surface area contributed by atoms with E-state index >= 15 is 0 Å². The van der Waals surface area contributed by atoms with E-state index in [4.69, 9.17) is 16.3 Å². The second-order valence-electron chi connectivity index (χ2n) is 4.77. The number of ether oxygens (including phenoxy) is 1. The van der Waals surface area contributed by atoms with Gasteiger partial charge in [0.25, 0.3) is 0 Å². The Kier molecular flexibility index (Phi) is 3.69. The third-order valence-electron chi connectivity index (χ3n) is 3.39. The Morgan fingerprint density at radius 3 is 2.50 bits per heavy atom. The van der Waals surface area contributed by atoms with Gasteiger partial charge in [-0.05, 0) is 18.2 Å². The summed E-state index contributed by atoms with van der Waals surface area (Å²) in [5.74, 6) is 0.0836. The summed E-state index contributed by atoms with van der Waals surface area (Å²) in [5, 5.41) is 3.44. The minimum Gasteiger partial charge on any atom is -0.495 e. The number of carbonyl (C=O) groups excluding carboxylic acids is 2. The number of hydrogen-bond acceptors (Lipinski definition) is 4. The van der Waals surface area contributed by atoms with Gasteiger partial charge in [-0.15, -0.1) is 0 Å². The van der Waals surface area contributed by atoms with E-state index in [2.05, 4.69) is 5.32 Å². The maximum atomic E-state index is 12.5. The van der Waals surface area contributed by atoms with Crippen LogP contribution >= 0.6 is 11.6 Å². The van der Waals surface area contributed by atoms with Crippen LogP contribution < -0.4 is 10.1 Å². The van der Waals surface area contributed by atoms with E-state index in [0.717, 1.165) is 0 Å². The van der Waals surface area contributed by atoms with Crippen molar-refractivity contribution in [1.29, 1.82) is 0 Å². The van der Waals surface area contributed by atoms with Crippen LogP contribution in [0.5, 0.6) is 5.75 Å². The van der Waals surface area contributed by atoms with Crippen LogP contribution in [0.4, 0.5) is 5.69 Å². The van der Waals surface area contributed by atoms with Gasteiger partial charge in [0.1, 0.15) is 5.75 Å². The molecule has 0 saturated carbocycles. The molecule has 2 aromatic carbocycles. The zero-order valence-electron chi connectivity index (χ0n) is 11.7. The average Bonchev–Trinajstić information content (AvgIpc) is 2.53. The Morgan fingerprint density at radius 2 is 1.77 bits per heavy atom. The summed E-state index contributed by atoms with van der Waals surface area (Å²) in [7, 11) is 1.52. The lowest BCUT2D eigenvalue weighted by molar-refractivity contribution is 0.0985. The minimum atomic E-state index is -0.239. The maximum Gasteiger partial charge on any atom is 0.210 e. The summed E-state index contributed by atoms with van der Waals surface area (Å²) in [6, 6.07) is 11.8. The van der Waals surface area contributed by atoms with Gasteiger partial charge < -0.3 is 10.1 Å². The Bertz CT molecular complexity index is 811. The first-order valence-electron chi connectivity index (χ1n) is 6.60. The van der Waals surface area contributed by atoms with Crippen LogP contribution in [0, 0.1) is 0 Å². The predicted octanol–water partition coefficient (Wildman–Crippen LogP) is 3.72. The number of nitrogens with one attached hydrogen (secondary N) is 1. The van der Waals surface area contributed by atoms with Crippen molar-refractivity contribution in [1.82, 2.24) is 0 Å². The smallest absolute Gasteiger partial charge is 0.210 e. The average molecular weight is 314 g/mol. The van der Waals surface area contributed by atoms with Crippen LogP contribution in [0.15, 0.2) is 54.2 Å². The van der Waals surface area contributed by atoms with Gasteiger partial charge in [0.15, 0.2) is 5.78 Å². The topological polar surface area (TPSA) is 55.4 Å². The Labute approximate surface area is 132 Å². The molecule has 5 heteroatoms. The number of allylic oxidation sites excluding steroid dienone is 2. The Balaban J connectivity index is 1.99. The number of fused-ring (bicyclic) bond motifs is 1. The molecule has 2 aromatic rings. The predicted molar refractivity (Wildman–Crippen MR) is 84.8 cm³/mol. The fraction of sp³-hybridized carbons (Fsp3) is 0.0588. The molecule has 0 radical (unpaired) electrons. The third kappa shape index (κ3) is 2.49. The number of carbonyl (C=O) groups is 2. The van der Waals surface area contributed by atoms with Gasteiger partial charge in [-0.3, -0.25) is 9.59 Å². The molecular formula is C17H12ClNO3. The number of ketones is 2. The zero-order valence-corrected chi connectivity index (χ0v) is 12.5. The molecule has 22 heavy (non-hydrogen) atoms. The molecule has 0 heterocycles. The largest absolute Gasteiger partial charge is 0.495 e. The fourth-order valence-electron chi connectivity index (χ4n) is 2.33. The first-order chi connectivity index (χ1) is 10.6. The second kappa shape index (κ2) is 5.66. The van der Waals surface area contributed by atoms with Crippen LogP contribution in [0.25, 0.3) is 0 Å². The summed E-state index contributed by atoms with van der Waals surface area (Å²) in [5.41, 5.74) is 1.53. The molecule has 0 spiro atoms. The lowest BCUT2D eigenvalue weighted by Gasteiger charge is -2.18. The molecule has 0 fully saturated rings. The summed E-state index contributed by atoms with van der Waals surface area (Å²) < 4.78 is 5.23. The first kappa shape index (κ1) is 14.4. The van der Waals surface area contributed by atoms with Gasteiger partial charge in [0, 0.05) is 22.2 Å². The van der Waals surface area contributed by atoms with Crippen molar-refractivity contribution in [2.24, 2.45) is 0 Å². The molecule has 3 rings (SSSR count). The van der Waals surface area contributed by atoms with E-state index in [1.54, 1.807) is 42.5 Å². The number of benzene rings is 2. The SMILES string of the molecule is COc1ccc(Cl)cc1NC1=CC(=O)c2ccccc2C1=O. The van der Waals surface area contributed by atoms with E-state index in [0.29, 0.717) is 27.6 Å². The third-order valence-corrected chi connectivity index (χ3v) is 3.62. The number of methoxy groups -OCH3 is 1. The normalized spacial score (nSPS) is 13.5. The van der Waals surface area contributed by atoms with E-state index in [9.17, 15) is 9.59 Å². The highest BCUT2D eigenvalue weighted by atomic mass is 35.5. The second-order valence-corrected chi connectivity index (χ2v) is 5.20. The molecule has 1 aliphatic carbocycles. The van der Waals surface area contributed by atoms with E-state index in [-0.39, 0.29) is 17.3 Å². The summed E-state index contributed by atoms with van der Waals surface area (Å²) in [4.78, 5) is 24.6. The number of Topliss-reactive ketones (excluding diaryl/α,β-unsaturated/α-hetero) is 1. The molecule has 4 nitrogen and oxygen atoms in total. The molecule has 1 aliphatic rings. The number of halogens is 1. The van der Waals surface area contributed by atoms with E-state index < -0.39 is 0 Å². The first-order valence-corrected chi connectivity index (χ1v) is 6.98. The summed E-state index contributed by atoms with van der Waals surface area (Å²) >= 11 is 5.97. The zero-order chi connectivity index (χ0) is 15.7. The fourth-order valence-corrected chi connectivity index (χ4v) is 2.50. The molecular weight excluding hydrogens is 302 g/mol. The molecule has 0 saturated heterocycles. The standard InChI is InChI=1S/C17H12ClNO3/c1-22-16-7-6-10(18)8-13(16)19-14-9-15(20)11-4-2-3-5-12(11)17(14)21/h2-9,19H,1H3. The van der Waals surface area contributed by atoms with Crippen LogP contribution in [-0.4, -0.2) is 18.7 Å². The summed E-state index contributed by atoms with van der Waals surface area (Å²) in [6.07, 6.45) is 1.30. The lowest BCUT2D eigenvalue weighted by atomic mass is 9.92. The monoisotopic (exact) mass is 313 g/mol. The number of rotatable bonds is 3. The molecule has 0 aromatic heterocycles. The van der Waals surface area contributed by atoms with Crippen molar-refractivity contribution < 1.29 is 14.3 Å². The highest BCUT2D eigenvalue weighted by Gasteiger charge is 2.25. The highest BCUT2D eigenvalue weighted by Crippen LogP contribution is 2.30. The molecule has 1 N–H and O–H groups in total. The molecule has 0 unspecified atom stereocenters. The van der Waals surface area contributed by atoms with Crippen molar-refractivity contribution in [3.05, 3.63) is 70.4 Å². The Hall–Kier alpha value is -2.59. The number of hydrogen-bond donors (Lipinski definition) is 1. The van der Waals surface area contributed by atoms with Gasteiger partial charge in [0.2, 0.25) is 5.78 Å². The van der Waals surface area contributed by atoms with E-state index in [1.165, 1.54) is 13.2 Å². The van der Waals surface area contributed by atoms with Crippen LogP contribution in [0.3, 0.4) is 0 Å². The lowest BCUT2D eigenvalue weighted by Crippen LogP contribution is -2.21. The molecule has 0 atom stereocenters. The minimum absolute atomic E-state index is 0.198. The van der Waals surface area contributed by atoms with Gasteiger partial charge >= 0.3 is 0 Å². The molecule has 0 amide bonds. The molecule has 110 valence electrons. The van der Waals surface area contributed by atoms with Crippen LogP contribution in [0.2, 0.25) is 5.02 Å². The van der Waals surface area contributed by atoms with Gasteiger partial charge in [0.05, 0.1) is 18.5 Å². The van der Waals surface area contributed by atoms with Crippen molar-refractivity contribution in [3.63, 3.8) is 0 Å². The Morgan fingerprint density at radius 1 is 1.05 bits per heavy atom. The molecule has 0 aliphatic heterocycles. The van der Waals surface area contributed by atoms with Gasteiger partial charge in [-0.1, -0.05) is 35.9 Å². The van der Waals surface area contributed by atoms with Crippen molar-refractivity contribution in [2.45, 2.75) is 0 Å². The van der Waals surface area contributed by atoms with Gasteiger partial charge in [-0.25, -0.2) is 0 Å². The van der Waals surface area contributed by atoms with Crippen molar-refractivity contribution in [2.75, 3.05) is 12.4 Å². The number of anilines is 1. The van der Waals surface area contributed by atoms with Crippen molar-refractivity contribution in [3.8, 4) is 5.75 Å². The van der Waals surface area contributed by atoms with Gasteiger partial charge in [-0.2, -0.15) is 0 Å². The van der Waals surface area contributed by atoms with Crippen LogP contribution in [0.1, 0.15) is 20.7 Å². The highest BCUT2D eigenvalue weighted by molar-refractivity contribution is 6.31. The molecule has 0 bridgehead atoms. The quantitative estimate of drug-likeness (QED) is 0.938. The van der Waals surface area contributed by atoms with Crippen LogP contribution in [-0.2, 0) is 0 Å². The van der Waals surface area contributed by atoms with Crippen molar-refractivity contribution >= 4 is 28.9 Å².